The summed E-state index contributed by atoms with van der Waals surface area (Å²) in [6, 6.07) is -1.11. The second kappa shape index (κ2) is 7.61. The lowest BCUT2D eigenvalue weighted by Crippen LogP contribution is -2.47. The molecule has 0 radical (unpaired) electrons. The van der Waals surface area contributed by atoms with E-state index in [-0.39, 0.29) is 30.6 Å². The minimum Gasteiger partial charge on any atom is -0.480 e. The maximum absolute atomic E-state index is 12.0. The van der Waals surface area contributed by atoms with Crippen molar-refractivity contribution in [2.24, 2.45) is 11.7 Å². The lowest BCUT2D eigenvalue weighted by atomic mass is 9.95. The maximum Gasteiger partial charge on any atom is 0.326 e. The van der Waals surface area contributed by atoms with Crippen molar-refractivity contribution in [3.8, 4) is 0 Å². The average Bonchev–Trinajstić information content (AvgIpc) is 2.42. The summed E-state index contributed by atoms with van der Waals surface area (Å²) in [7, 11) is 0. The zero-order chi connectivity index (χ0) is 16.0. The molecule has 1 heterocycles. The fourth-order valence-corrected chi connectivity index (χ4v) is 2.29. The normalized spacial score (nSPS) is 17.1. The van der Waals surface area contributed by atoms with Crippen LogP contribution in [0.5, 0.6) is 0 Å². The number of carbonyl (C=O) groups excluding carboxylic acids is 3. The summed E-state index contributed by atoms with van der Waals surface area (Å²) in [5.41, 5.74) is 4.98. The van der Waals surface area contributed by atoms with E-state index >= 15 is 0 Å². The number of primary amides is 1. The van der Waals surface area contributed by atoms with Gasteiger partial charge in [0.2, 0.25) is 17.7 Å². The van der Waals surface area contributed by atoms with E-state index in [1.807, 2.05) is 0 Å². The van der Waals surface area contributed by atoms with Crippen molar-refractivity contribution in [2.75, 3.05) is 13.1 Å². The molecule has 0 saturated carbocycles. The lowest BCUT2D eigenvalue weighted by molar-refractivity contribution is -0.143. The van der Waals surface area contributed by atoms with Gasteiger partial charge in [-0.25, -0.2) is 4.79 Å². The van der Waals surface area contributed by atoms with Crippen LogP contribution >= 0.6 is 0 Å². The molecular formula is C13H21N3O5. The molecule has 0 aromatic heterocycles. The first kappa shape index (κ1) is 16.9. The number of amides is 3. The molecule has 8 nitrogen and oxygen atoms in total. The number of carboxylic acid groups (broad SMARTS) is 1. The highest BCUT2D eigenvalue weighted by atomic mass is 16.4. The summed E-state index contributed by atoms with van der Waals surface area (Å²) in [4.78, 5) is 46.6. The fraction of sp³-hybridized carbons (Fsp3) is 0.692. The Bertz CT molecular complexity index is 430. The number of piperidine rings is 1. The van der Waals surface area contributed by atoms with Crippen LogP contribution in [0, 0.1) is 5.92 Å². The second-order valence-corrected chi connectivity index (χ2v) is 5.18. The number of nitrogens with one attached hydrogen (secondary N) is 1. The number of carbonyl (C=O) groups is 4. The number of hydrogen-bond acceptors (Lipinski definition) is 4. The number of aliphatic carboxylic acids is 1. The Morgan fingerprint density at radius 3 is 2.29 bits per heavy atom. The Hall–Kier alpha value is -2.12. The first-order chi connectivity index (χ1) is 9.81. The van der Waals surface area contributed by atoms with E-state index in [0.29, 0.717) is 25.9 Å². The molecule has 4 N–H and O–H groups in total. The molecule has 1 aliphatic heterocycles. The number of hydrogen-bond donors (Lipinski definition) is 3. The first-order valence-electron chi connectivity index (χ1n) is 6.88. The van der Waals surface area contributed by atoms with Gasteiger partial charge in [-0.1, -0.05) is 0 Å². The number of nitrogens with two attached hydrogens (primary N) is 1. The molecule has 0 unspecified atom stereocenters. The SMILES string of the molecule is CC(=O)N1CCC(C(=O)N[C@H](CCC(N)=O)C(=O)O)CC1. The summed E-state index contributed by atoms with van der Waals surface area (Å²) < 4.78 is 0. The van der Waals surface area contributed by atoms with Gasteiger partial charge in [0, 0.05) is 32.4 Å². The number of nitrogens with zero attached hydrogens (tertiary/aromatic N) is 1. The highest BCUT2D eigenvalue weighted by molar-refractivity contribution is 5.85. The Morgan fingerprint density at radius 2 is 1.86 bits per heavy atom. The molecule has 8 heteroatoms. The summed E-state index contributed by atoms with van der Waals surface area (Å²) in [6.07, 6.45) is 0.893. The van der Waals surface area contributed by atoms with E-state index < -0.39 is 17.9 Å². The van der Waals surface area contributed by atoms with Crippen LogP contribution in [0.25, 0.3) is 0 Å². The summed E-state index contributed by atoms with van der Waals surface area (Å²) in [5, 5.41) is 11.5. The number of carboxylic acids is 1. The van der Waals surface area contributed by atoms with Crippen molar-refractivity contribution < 1.29 is 24.3 Å². The minimum atomic E-state index is -1.19. The largest absolute Gasteiger partial charge is 0.480 e. The summed E-state index contributed by atoms with van der Waals surface area (Å²) in [6.45, 7) is 2.46. The van der Waals surface area contributed by atoms with Gasteiger partial charge >= 0.3 is 5.97 Å². The maximum atomic E-state index is 12.0. The molecule has 0 aromatic rings. The van der Waals surface area contributed by atoms with Gasteiger partial charge in [0.1, 0.15) is 6.04 Å². The van der Waals surface area contributed by atoms with Gasteiger partial charge in [0.05, 0.1) is 0 Å². The van der Waals surface area contributed by atoms with Crippen LogP contribution in [0.15, 0.2) is 0 Å². The van der Waals surface area contributed by atoms with Gasteiger partial charge in [-0.3, -0.25) is 14.4 Å². The van der Waals surface area contributed by atoms with Gasteiger partial charge < -0.3 is 21.1 Å². The first-order valence-corrected chi connectivity index (χ1v) is 6.88. The highest BCUT2D eigenvalue weighted by Gasteiger charge is 2.29. The molecule has 0 bridgehead atoms. The second-order valence-electron chi connectivity index (χ2n) is 5.18. The van der Waals surface area contributed by atoms with Crippen LogP contribution in [-0.4, -0.2) is 52.8 Å². The molecule has 1 rings (SSSR count). The van der Waals surface area contributed by atoms with Gasteiger partial charge in [0.25, 0.3) is 0 Å². The predicted octanol–water partition coefficient (Wildman–Crippen LogP) is -0.920. The Balaban J connectivity index is 2.49. The molecule has 118 valence electrons. The van der Waals surface area contributed by atoms with Crippen LogP contribution in [0.1, 0.15) is 32.6 Å². The van der Waals surface area contributed by atoms with E-state index in [2.05, 4.69) is 5.32 Å². The molecule has 0 aliphatic carbocycles. The topological polar surface area (TPSA) is 130 Å². The zero-order valence-electron chi connectivity index (χ0n) is 12.0. The fourth-order valence-electron chi connectivity index (χ4n) is 2.29. The molecule has 1 aliphatic rings. The predicted molar refractivity (Wildman–Crippen MR) is 73.0 cm³/mol. The van der Waals surface area contributed by atoms with Crippen molar-refractivity contribution >= 4 is 23.7 Å². The van der Waals surface area contributed by atoms with Crippen molar-refractivity contribution in [1.29, 1.82) is 0 Å². The number of rotatable bonds is 6. The minimum absolute atomic E-state index is 0.0251. The molecule has 3 amide bonds. The van der Waals surface area contributed by atoms with Crippen molar-refractivity contribution in [2.45, 2.75) is 38.6 Å². The van der Waals surface area contributed by atoms with Crippen LogP contribution in [-0.2, 0) is 19.2 Å². The smallest absolute Gasteiger partial charge is 0.326 e. The van der Waals surface area contributed by atoms with E-state index in [0.717, 1.165) is 0 Å². The van der Waals surface area contributed by atoms with Crippen LogP contribution in [0.3, 0.4) is 0 Å². The van der Waals surface area contributed by atoms with E-state index in [9.17, 15) is 19.2 Å². The van der Waals surface area contributed by atoms with Gasteiger partial charge in [-0.2, -0.15) is 0 Å². The van der Waals surface area contributed by atoms with E-state index in [1.54, 1.807) is 4.90 Å². The monoisotopic (exact) mass is 299 g/mol. The van der Waals surface area contributed by atoms with E-state index in [4.69, 9.17) is 10.8 Å². The standard InChI is InChI=1S/C13H21N3O5/c1-8(17)16-6-4-9(5-7-16)12(19)15-10(13(20)21)2-3-11(14)18/h9-10H,2-7H2,1H3,(H2,14,18)(H,15,19)(H,20,21)/t10-/m1/s1. The Morgan fingerprint density at radius 1 is 1.29 bits per heavy atom. The third-order valence-electron chi connectivity index (χ3n) is 3.61. The van der Waals surface area contributed by atoms with Gasteiger partial charge in [0.15, 0.2) is 0 Å². The third-order valence-corrected chi connectivity index (χ3v) is 3.61. The van der Waals surface area contributed by atoms with Crippen molar-refractivity contribution in [3.63, 3.8) is 0 Å². The average molecular weight is 299 g/mol. The Kier molecular flexibility index (Phi) is 6.13. The highest BCUT2D eigenvalue weighted by Crippen LogP contribution is 2.17. The summed E-state index contributed by atoms with van der Waals surface area (Å²) in [5.74, 6) is -2.49. The van der Waals surface area contributed by atoms with Crippen LogP contribution in [0.2, 0.25) is 0 Å². The number of likely N-dealkylation sites (tertiary alicyclic amines) is 1. The van der Waals surface area contributed by atoms with Gasteiger partial charge in [-0.15, -0.1) is 0 Å². The molecule has 1 saturated heterocycles. The van der Waals surface area contributed by atoms with Crippen molar-refractivity contribution in [1.82, 2.24) is 10.2 Å². The molecule has 1 atom stereocenters. The molecular weight excluding hydrogens is 278 g/mol. The quantitative estimate of drug-likeness (QED) is 0.584. The zero-order valence-corrected chi connectivity index (χ0v) is 12.0. The van der Waals surface area contributed by atoms with Gasteiger partial charge in [-0.05, 0) is 19.3 Å². The lowest BCUT2D eigenvalue weighted by Gasteiger charge is -2.31. The molecule has 1 fully saturated rings. The van der Waals surface area contributed by atoms with Crippen LogP contribution < -0.4 is 11.1 Å². The molecule has 21 heavy (non-hydrogen) atoms. The van der Waals surface area contributed by atoms with E-state index in [1.165, 1.54) is 6.92 Å². The Labute approximate surface area is 122 Å². The summed E-state index contributed by atoms with van der Waals surface area (Å²) >= 11 is 0. The third kappa shape index (κ3) is 5.41. The van der Waals surface area contributed by atoms with Crippen LogP contribution in [0.4, 0.5) is 0 Å². The molecule has 0 aromatic carbocycles. The van der Waals surface area contributed by atoms with Crippen molar-refractivity contribution in [3.05, 3.63) is 0 Å². The molecule has 0 spiro atoms.